The number of amides is 1. The van der Waals surface area contributed by atoms with Crippen molar-refractivity contribution in [2.24, 2.45) is 23.7 Å². The van der Waals surface area contributed by atoms with Crippen molar-refractivity contribution in [2.45, 2.75) is 64.8 Å². The van der Waals surface area contributed by atoms with Crippen molar-refractivity contribution < 1.29 is 4.79 Å². The number of carbonyl (C=O) groups is 1. The lowest BCUT2D eigenvalue weighted by atomic mass is 9.52. The van der Waals surface area contributed by atoms with Gasteiger partial charge in [0.05, 0.1) is 0 Å². The third kappa shape index (κ3) is 3.71. The fourth-order valence-electron chi connectivity index (χ4n) is 5.98. The molecule has 136 valence electrons. The first-order valence-electron chi connectivity index (χ1n) is 10.1. The highest BCUT2D eigenvalue weighted by molar-refractivity contribution is 5.87. The molecule has 0 spiro atoms. The number of carbonyl (C=O) groups excluding carboxylic acids is 1. The zero-order valence-corrected chi connectivity index (χ0v) is 16.0. The quantitative estimate of drug-likeness (QED) is 0.715. The minimum atomic E-state index is 0.107. The highest BCUT2D eigenvalue weighted by atomic mass is 16.2. The van der Waals surface area contributed by atoms with Crippen LogP contribution in [0.2, 0.25) is 0 Å². The van der Waals surface area contributed by atoms with E-state index in [1.807, 2.05) is 4.90 Å². The maximum atomic E-state index is 11.7. The Kier molecular flexibility index (Phi) is 5.39. The van der Waals surface area contributed by atoms with Crippen LogP contribution in [-0.2, 0) is 4.79 Å². The molecule has 5 fully saturated rings. The molecule has 4 aliphatic carbocycles. The topological polar surface area (TPSA) is 23.6 Å². The van der Waals surface area contributed by atoms with Gasteiger partial charge in [0.25, 0.3) is 0 Å². The Labute approximate surface area is 148 Å². The van der Waals surface area contributed by atoms with Crippen LogP contribution in [0.3, 0.4) is 0 Å². The summed E-state index contributed by atoms with van der Waals surface area (Å²) in [5, 5.41) is 0. The van der Waals surface area contributed by atoms with Gasteiger partial charge in [0.15, 0.2) is 0 Å². The first-order chi connectivity index (χ1) is 11.4. The Bertz CT molecular complexity index is 424. The molecule has 0 radical (unpaired) electrons. The van der Waals surface area contributed by atoms with Crippen LogP contribution in [0.5, 0.6) is 0 Å². The van der Waals surface area contributed by atoms with Crippen LogP contribution in [0.15, 0.2) is 12.7 Å². The van der Waals surface area contributed by atoms with E-state index >= 15 is 0 Å². The number of piperazine rings is 1. The second kappa shape index (κ2) is 7.19. The second-order valence-corrected chi connectivity index (χ2v) is 9.39. The first-order valence-corrected chi connectivity index (χ1v) is 10.1. The third-order valence-corrected chi connectivity index (χ3v) is 6.44. The summed E-state index contributed by atoms with van der Waals surface area (Å²) in [6.07, 6.45) is 10.3. The molecule has 3 nitrogen and oxygen atoms in total. The maximum absolute atomic E-state index is 11.7. The van der Waals surface area contributed by atoms with Crippen molar-refractivity contribution >= 4 is 5.91 Å². The number of hydrogen-bond acceptors (Lipinski definition) is 2. The Morgan fingerprint density at radius 2 is 1.38 bits per heavy atom. The summed E-state index contributed by atoms with van der Waals surface area (Å²) in [5.41, 5.74) is 0.512. The van der Waals surface area contributed by atoms with Gasteiger partial charge in [0.1, 0.15) is 0 Å². The van der Waals surface area contributed by atoms with E-state index in [4.69, 9.17) is 0 Å². The second-order valence-electron chi connectivity index (χ2n) is 9.39. The summed E-state index contributed by atoms with van der Waals surface area (Å²) in [5.74, 6) is 3.97. The fourth-order valence-corrected chi connectivity index (χ4v) is 5.98. The van der Waals surface area contributed by atoms with Gasteiger partial charge in [-0.05, 0) is 68.3 Å². The molecule has 0 unspecified atom stereocenters. The lowest BCUT2D eigenvalue weighted by molar-refractivity contribution is -0.133. The molecule has 1 amide bonds. The number of hydrogen-bond donors (Lipinski definition) is 0. The molecular weight excluding hydrogens is 296 g/mol. The molecule has 0 N–H and O–H groups in total. The minimum absolute atomic E-state index is 0.107. The molecule has 1 saturated heterocycles. The number of nitrogens with zero attached hydrogens (tertiary/aromatic N) is 2. The Balaban J connectivity index is 0.000000383. The average Bonchev–Trinajstić information content (AvgIpc) is 2.52. The van der Waals surface area contributed by atoms with Crippen molar-refractivity contribution in [1.82, 2.24) is 9.80 Å². The predicted octanol–water partition coefficient (Wildman–Crippen LogP) is 3.95. The van der Waals surface area contributed by atoms with Gasteiger partial charge >= 0.3 is 0 Å². The van der Waals surface area contributed by atoms with Gasteiger partial charge in [-0.3, -0.25) is 9.69 Å². The van der Waals surface area contributed by atoms with Gasteiger partial charge in [0.2, 0.25) is 5.91 Å². The SMILES string of the molecule is C=CC(=O)N1CCN(C23CC4CC(CC(C4)C2)C3)CC1.CC(C)C. The summed E-state index contributed by atoms with van der Waals surface area (Å²) >= 11 is 0. The largest absolute Gasteiger partial charge is 0.337 e. The van der Waals surface area contributed by atoms with Crippen LogP contribution in [0, 0.1) is 23.7 Å². The van der Waals surface area contributed by atoms with Crippen molar-refractivity contribution in [1.29, 1.82) is 0 Å². The van der Waals surface area contributed by atoms with Crippen molar-refractivity contribution in [3.05, 3.63) is 12.7 Å². The normalized spacial score (nSPS) is 38.0. The Morgan fingerprint density at radius 1 is 0.958 bits per heavy atom. The zero-order valence-electron chi connectivity index (χ0n) is 16.0. The van der Waals surface area contributed by atoms with E-state index in [0.717, 1.165) is 49.9 Å². The van der Waals surface area contributed by atoms with Gasteiger partial charge in [-0.15, -0.1) is 0 Å². The van der Waals surface area contributed by atoms with Crippen LogP contribution in [0.25, 0.3) is 0 Å². The molecular formula is C21H36N2O. The summed E-state index contributed by atoms with van der Waals surface area (Å²) in [4.78, 5) is 16.4. The van der Waals surface area contributed by atoms with E-state index in [-0.39, 0.29) is 5.91 Å². The molecule has 5 rings (SSSR count). The first kappa shape index (κ1) is 18.0. The number of rotatable bonds is 2. The fraction of sp³-hybridized carbons (Fsp3) is 0.857. The van der Waals surface area contributed by atoms with E-state index in [9.17, 15) is 4.79 Å². The monoisotopic (exact) mass is 332 g/mol. The Morgan fingerprint density at radius 3 is 1.75 bits per heavy atom. The summed E-state index contributed by atoms with van der Waals surface area (Å²) in [6, 6.07) is 0. The predicted molar refractivity (Wildman–Crippen MR) is 99.8 cm³/mol. The minimum Gasteiger partial charge on any atom is -0.337 e. The van der Waals surface area contributed by atoms with Crippen molar-refractivity contribution in [3.8, 4) is 0 Å². The van der Waals surface area contributed by atoms with Crippen LogP contribution in [0.1, 0.15) is 59.3 Å². The molecule has 0 atom stereocenters. The molecule has 1 heterocycles. The summed E-state index contributed by atoms with van der Waals surface area (Å²) < 4.78 is 0. The van der Waals surface area contributed by atoms with E-state index in [2.05, 4.69) is 32.3 Å². The van der Waals surface area contributed by atoms with E-state index in [1.165, 1.54) is 44.6 Å². The zero-order chi connectivity index (χ0) is 17.3. The standard InChI is InChI=1S/C17H26N2O.C4H10/c1-2-16(20)18-3-5-19(6-4-18)17-10-13-7-14(11-17)9-15(8-13)12-17;1-4(2)3/h2,13-15H,1,3-12H2;4H,1-3H3. The lowest BCUT2D eigenvalue weighted by Crippen LogP contribution is -2.64. The lowest BCUT2D eigenvalue weighted by Gasteiger charge is -2.61. The van der Waals surface area contributed by atoms with Gasteiger partial charge in [-0.25, -0.2) is 0 Å². The highest BCUT2D eigenvalue weighted by Crippen LogP contribution is 2.57. The smallest absolute Gasteiger partial charge is 0.246 e. The molecule has 5 aliphatic rings. The summed E-state index contributed by atoms with van der Waals surface area (Å²) in [6.45, 7) is 14.0. The van der Waals surface area contributed by atoms with Crippen LogP contribution >= 0.6 is 0 Å². The van der Waals surface area contributed by atoms with Crippen LogP contribution < -0.4 is 0 Å². The molecule has 0 aromatic heterocycles. The van der Waals surface area contributed by atoms with Gasteiger partial charge in [-0.1, -0.05) is 27.4 Å². The van der Waals surface area contributed by atoms with Gasteiger partial charge in [0, 0.05) is 31.7 Å². The van der Waals surface area contributed by atoms with Crippen LogP contribution in [-0.4, -0.2) is 47.4 Å². The van der Waals surface area contributed by atoms with E-state index in [1.54, 1.807) is 0 Å². The molecule has 1 aliphatic heterocycles. The maximum Gasteiger partial charge on any atom is 0.246 e. The van der Waals surface area contributed by atoms with E-state index in [0.29, 0.717) is 5.54 Å². The molecule has 24 heavy (non-hydrogen) atoms. The molecule has 3 heteroatoms. The molecule has 4 bridgehead atoms. The van der Waals surface area contributed by atoms with Crippen molar-refractivity contribution in [3.63, 3.8) is 0 Å². The average molecular weight is 333 g/mol. The van der Waals surface area contributed by atoms with E-state index < -0.39 is 0 Å². The third-order valence-electron chi connectivity index (χ3n) is 6.44. The van der Waals surface area contributed by atoms with Gasteiger partial charge in [-0.2, -0.15) is 0 Å². The van der Waals surface area contributed by atoms with Gasteiger partial charge < -0.3 is 4.90 Å². The molecule has 0 aromatic rings. The van der Waals surface area contributed by atoms with Crippen molar-refractivity contribution in [2.75, 3.05) is 26.2 Å². The molecule has 0 aromatic carbocycles. The summed E-state index contributed by atoms with van der Waals surface area (Å²) in [7, 11) is 0. The Hall–Kier alpha value is -0.830. The highest BCUT2D eigenvalue weighted by Gasteiger charge is 2.53. The van der Waals surface area contributed by atoms with Crippen LogP contribution in [0.4, 0.5) is 0 Å². The molecule has 4 saturated carbocycles.